The van der Waals surface area contributed by atoms with E-state index in [0.717, 1.165) is 49.5 Å². The Balaban J connectivity index is 1.48. The molecule has 0 spiro atoms. The summed E-state index contributed by atoms with van der Waals surface area (Å²) in [7, 11) is 0. The Kier molecular flexibility index (Phi) is 4.26. The molecule has 1 saturated heterocycles. The van der Waals surface area contributed by atoms with Gasteiger partial charge in [-0.2, -0.15) is 0 Å². The molecule has 136 valence electrons. The van der Waals surface area contributed by atoms with Crippen LogP contribution in [0.3, 0.4) is 0 Å². The molecule has 0 bridgehead atoms. The molecule has 1 fully saturated rings. The molecule has 2 aromatic rings. The topological polar surface area (TPSA) is 64.6 Å². The van der Waals surface area contributed by atoms with Crippen molar-refractivity contribution in [2.75, 3.05) is 19.9 Å². The van der Waals surface area contributed by atoms with E-state index in [2.05, 4.69) is 29.0 Å². The Morgan fingerprint density at radius 3 is 2.88 bits per heavy atom. The third-order valence-electron chi connectivity index (χ3n) is 5.14. The summed E-state index contributed by atoms with van der Waals surface area (Å²) in [4.78, 5) is 23.1. The van der Waals surface area contributed by atoms with Crippen LogP contribution in [0.15, 0.2) is 30.6 Å². The molecule has 6 nitrogen and oxygen atoms in total. The zero-order chi connectivity index (χ0) is 18.1. The quantitative estimate of drug-likeness (QED) is 0.849. The number of piperidine rings is 1. The monoisotopic (exact) mass is 353 g/mol. The number of rotatable bonds is 3. The van der Waals surface area contributed by atoms with Gasteiger partial charge in [-0.3, -0.25) is 9.78 Å². The summed E-state index contributed by atoms with van der Waals surface area (Å²) >= 11 is 0. The summed E-state index contributed by atoms with van der Waals surface area (Å²) in [5, 5.41) is 0. The second-order valence-corrected chi connectivity index (χ2v) is 7.55. The zero-order valence-corrected chi connectivity index (χ0v) is 15.2. The van der Waals surface area contributed by atoms with Gasteiger partial charge in [0.2, 0.25) is 6.79 Å². The van der Waals surface area contributed by atoms with Crippen LogP contribution in [0, 0.1) is 12.3 Å². The normalized spacial score (nSPS) is 21.7. The van der Waals surface area contributed by atoms with Crippen molar-refractivity contribution in [3.8, 4) is 11.5 Å². The van der Waals surface area contributed by atoms with E-state index in [1.54, 1.807) is 12.4 Å². The van der Waals surface area contributed by atoms with Gasteiger partial charge in [0.1, 0.15) is 5.69 Å². The Labute approximate surface area is 153 Å². The number of amides is 1. The van der Waals surface area contributed by atoms with Crippen LogP contribution in [0.4, 0.5) is 0 Å². The van der Waals surface area contributed by atoms with Crippen molar-refractivity contribution in [2.24, 2.45) is 5.41 Å². The van der Waals surface area contributed by atoms with Crippen molar-refractivity contribution in [3.05, 3.63) is 47.5 Å². The van der Waals surface area contributed by atoms with E-state index in [1.165, 1.54) is 5.56 Å². The van der Waals surface area contributed by atoms with Gasteiger partial charge in [-0.15, -0.1) is 0 Å². The third kappa shape index (κ3) is 3.36. The number of likely N-dealkylation sites (tertiary alicyclic amines) is 1. The number of aromatic nitrogens is 2. The van der Waals surface area contributed by atoms with Gasteiger partial charge >= 0.3 is 0 Å². The number of ether oxygens (including phenoxy) is 2. The molecule has 26 heavy (non-hydrogen) atoms. The molecule has 1 amide bonds. The lowest BCUT2D eigenvalue weighted by Crippen LogP contribution is -2.46. The summed E-state index contributed by atoms with van der Waals surface area (Å²) in [5.74, 6) is 1.58. The van der Waals surface area contributed by atoms with Crippen LogP contribution >= 0.6 is 0 Å². The minimum Gasteiger partial charge on any atom is -0.454 e. The van der Waals surface area contributed by atoms with E-state index in [-0.39, 0.29) is 18.1 Å². The van der Waals surface area contributed by atoms with E-state index in [0.29, 0.717) is 5.69 Å². The molecule has 6 heteroatoms. The minimum atomic E-state index is -0.0332. The maximum Gasteiger partial charge on any atom is 0.274 e. The molecule has 1 aromatic heterocycles. The molecule has 4 rings (SSSR count). The Morgan fingerprint density at radius 1 is 1.23 bits per heavy atom. The summed E-state index contributed by atoms with van der Waals surface area (Å²) in [6.45, 7) is 5.89. The zero-order valence-electron chi connectivity index (χ0n) is 15.2. The first-order chi connectivity index (χ1) is 12.5. The number of aryl methyl sites for hydroxylation is 1. The molecular formula is C20H23N3O3. The lowest BCUT2D eigenvalue weighted by molar-refractivity contribution is 0.0544. The molecule has 0 N–H and O–H groups in total. The van der Waals surface area contributed by atoms with Gasteiger partial charge in [0.15, 0.2) is 11.5 Å². The molecule has 1 aromatic carbocycles. The van der Waals surface area contributed by atoms with Crippen LogP contribution in [0.1, 0.15) is 41.5 Å². The molecule has 2 aliphatic rings. The summed E-state index contributed by atoms with van der Waals surface area (Å²) in [5.41, 5.74) is 2.47. The predicted octanol–water partition coefficient (Wildman–Crippen LogP) is 3.00. The van der Waals surface area contributed by atoms with Gasteiger partial charge in [0.05, 0.1) is 11.9 Å². The number of carbonyl (C=O) groups is 1. The van der Waals surface area contributed by atoms with E-state index >= 15 is 0 Å². The maximum absolute atomic E-state index is 12.8. The number of carbonyl (C=O) groups excluding carboxylic acids is 1. The SMILES string of the molecule is Cc1cnc(C(=O)N2CCC[C@@](C)(Cc3ccc4c(c3)OCO4)C2)cn1. The minimum absolute atomic E-state index is 0.0275. The van der Waals surface area contributed by atoms with Crippen molar-refractivity contribution >= 4 is 5.91 Å². The van der Waals surface area contributed by atoms with Crippen LogP contribution in [0.2, 0.25) is 0 Å². The fourth-order valence-electron chi connectivity index (χ4n) is 3.84. The molecule has 0 unspecified atom stereocenters. The van der Waals surface area contributed by atoms with Crippen LogP contribution in [0.5, 0.6) is 11.5 Å². The standard InChI is InChI=1S/C20H23N3O3/c1-14-10-22-16(11-21-14)19(24)23-7-3-6-20(2,12-23)9-15-4-5-17-18(8-15)26-13-25-17/h4-5,8,10-11H,3,6-7,9,12-13H2,1-2H3/t20-/m0/s1. The molecule has 0 radical (unpaired) electrons. The fraction of sp³-hybridized carbons (Fsp3) is 0.450. The first kappa shape index (κ1) is 16.8. The average Bonchev–Trinajstić information content (AvgIpc) is 3.09. The first-order valence-electron chi connectivity index (χ1n) is 8.99. The second-order valence-electron chi connectivity index (χ2n) is 7.55. The number of nitrogens with zero attached hydrogens (tertiary/aromatic N) is 3. The van der Waals surface area contributed by atoms with Crippen LogP contribution < -0.4 is 9.47 Å². The number of hydrogen-bond donors (Lipinski definition) is 0. The molecule has 0 saturated carbocycles. The summed E-state index contributed by atoms with van der Waals surface area (Å²) in [6.07, 6.45) is 6.19. The molecule has 3 heterocycles. The average molecular weight is 353 g/mol. The van der Waals surface area contributed by atoms with Crippen molar-refractivity contribution in [1.82, 2.24) is 14.9 Å². The van der Waals surface area contributed by atoms with Crippen molar-refractivity contribution in [2.45, 2.75) is 33.1 Å². The number of benzene rings is 1. The largest absolute Gasteiger partial charge is 0.454 e. The van der Waals surface area contributed by atoms with E-state index < -0.39 is 0 Å². The summed E-state index contributed by atoms with van der Waals surface area (Å²) < 4.78 is 10.9. The number of fused-ring (bicyclic) bond motifs is 1. The number of hydrogen-bond acceptors (Lipinski definition) is 5. The molecular weight excluding hydrogens is 330 g/mol. The van der Waals surface area contributed by atoms with Crippen molar-refractivity contribution in [3.63, 3.8) is 0 Å². The molecule has 0 aliphatic carbocycles. The Hall–Kier alpha value is -2.63. The second kappa shape index (κ2) is 6.59. The van der Waals surface area contributed by atoms with Gasteiger partial charge in [0.25, 0.3) is 5.91 Å². The summed E-state index contributed by atoms with van der Waals surface area (Å²) in [6, 6.07) is 6.11. The van der Waals surface area contributed by atoms with Crippen molar-refractivity contribution < 1.29 is 14.3 Å². The first-order valence-corrected chi connectivity index (χ1v) is 8.99. The van der Waals surface area contributed by atoms with Crippen molar-refractivity contribution in [1.29, 1.82) is 0 Å². The van der Waals surface area contributed by atoms with Crippen LogP contribution in [-0.2, 0) is 6.42 Å². The highest BCUT2D eigenvalue weighted by Crippen LogP contribution is 2.37. The maximum atomic E-state index is 12.8. The van der Waals surface area contributed by atoms with Gasteiger partial charge in [-0.05, 0) is 49.3 Å². The Morgan fingerprint density at radius 2 is 2.08 bits per heavy atom. The smallest absolute Gasteiger partial charge is 0.274 e. The lowest BCUT2D eigenvalue weighted by atomic mass is 9.77. The van der Waals surface area contributed by atoms with E-state index in [1.807, 2.05) is 17.9 Å². The highest BCUT2D eigenvalue weighted by molar-refractivity contribution is 5.92. The molecule has 2 aliphatic heterocycles. The van der Waals surface area contributed by atoms with Gasteiger partial charge in [0, 0.05) is 19.3 Å². The van der Waals surface area contributed by atoms with Gasteiger partial charge in [-0.1, -0.05) is 13.0 Å². The predicted molar refractivity (Wildman–Crippen MR) is 96.3 cm³/mol. The van der Waals surface area contributed by atoms with Gasteiger partial charge < -0.3 is 14.4 Å². The highest BCUT2D eigenvalue weighted by atomic mass is 16.7. The Bertz CT molecular complexity index is 822. The molecule has 1 atom stereocenters. The van der Waals surface area contributed by atoms with Crippen LogP contribution in [0.25, 0.3) is 0 Å². The van der Waals surface area contributed by atoms with Gasteiger partial charge in [-0.25, -0.2) is 4.98 Å². The lowest BCUT2D eigenvalue weighted by Gasteiger charge is -2.40. The highest BCUT2D eigenvalue weighted by Gasteiger charge is 2.34. The van der Waals surface area contributed by atoms with E-state index in [4.69, 9.17) is 9.47 Å². The van der Waals surface area contributed by atoms with Crippen LogP contribution in [-0.4, -0.2) is 40.7 Å². The third-order valence-corrected chi connectivity index (χ3v) is 5.14. The fourth-order valence-corrected chi connectivity index (χ4v) is 3.84. The van der Waals surface area contributed by atoms with E-state index in [9.17, 15) is 4.79 Å².